The topological polar surface area (TPSA) is 64.8 Å². The van der Waals surface area contributed by atoms with Crippen LogP contribution in [0.15, 0.2) is 24.3 Å². The number of carbonyl (C=O) groups is 1. The number of hydrogen-bond donors (Lipinski definition) is 1. The second-order valence-electron chi connectivity index (χ2n) is 4.64. The van der Waals surface area contributed by atoms with Gasteiger partial charge in [-0.15, -0.1) is 5.06 Å². The smallest absolute Gasteiger partial charge is 0.149 e. The number of piperidine rings is 1. The molecule has 112 valence electrons. The molecule has 20 heavy (non-hydrogen) atoms. The first kappa shape index (κ1) is 16.5. The fraction of sp³-hybridized carbons (Fsp3) is 0.533. The van der Waals surface area contributed by atoms with Gasteiger partial charge in [-0.25, -0.2) is 0 Å². The third-order valence-corrected chi connectivity index (χ3v) is 3.07. The molecule has 1 saturated heterocycles. The lowest BCUT2D eigenvalue weighted by Gasteiger charge is -2.28. The lowest BCUT2D eigenvalue weighted by molar-refractivity contribution is -0.118. The highest BCUT2D eigenvalue weighted by Gasteiger charge is 2.19. The molecule has 0 unspecified atom stereocenters. The van der Waals surface area contributed by atoms with E-state index in [1.54, 1.807) is 13.2 Å². The number of nitrogens with two attached hydrogens (primary N) is 1. The van der Waals surface area contributed by atoms with E-state index in [4.69, 9.17) is 10.6 Å². The number of ether oxygens (including phenoxy) is 1. The van der Waals surface area contributed by atoms with Gasteiger partial charge in [-0.1, -0.05) is 6.07 Å². The average molecular weight is 280 g/mol. The Morgan fingerprint density at radius 2 is 2.05 bits per heavy atom. The van der Waals surface area contributed by atoms with Crippen molar-refractivity contribution in [2.24, 2.45) is 5.92 Å². The van der Waals surface area contributed by atoms with E-state index in [-0.39, 0.29) is 5.92 Å². The monoisotopic (exact) mass is 280 g/mol. The molecular formula is C15H24N2O3. The highest BCUT2D eigenvalue weighted by atomic mass is 16.7. The Kier molecular flexibility index (Phi) is 7.69. The van der Waals surface area contributed by atoms with Crippen molar-refractivity contribution >= 4 is 12.0 Å². The maximum Gasteiger partial charge on any atom is 0.149 e. The molecule has 0 atom stereocenters. The van der Waals surface area contributed by atoms with Crippen molar-refractivity contribution in [3.63, 3.8) is 0 Å². The summed E-state index contributed by atoms with van der Waals surface area (Å²) < 4.78 is 4.54. The number of hydroxylamine groups is 2. The van der Waals surface area contributed by atoms with Crippen LogP contribution < -0.4 is 10.6 Å². The molecule has 0 bridgehead atoms. The van der Waals surface area contributed by atoms with Crippen LogP contribution in [-0.4, -0.2) is 38.2 Å². The van der Waals surface area contributed by atoms with Crippen molar-refractivity contribution in [1.29, 1.82) is 0 Å². The highest BCUT2D eigenvalue weighted by molar-refractivity contribution is 5.53. The van der Waals surface area contributed by atoms with Crippen molar-refractivity contribution in [1.82, 2.24) is 5.06 Å². The second-order valence-corrected chi connectivity index (χ2v) is 4.64. The van der Waals surface area contributed by atoms with E-state index in [1.165, 1.54) is 0 Å². The van der Waals surface area contributed by atoms with Gasteiger partial charge in [0.25, 0.3) is 0 Å². The molecule has 2 N–H and O–H groups in total. The quantitative estimate of drug-likeness (QED) is 0.676. The van der Waals surface area contributed by atoms with E-state index in [1.807, 2.05) is 30.2 Å². The van der Waals surface area contributed by atoms with Crippen LogP contribution in [0.4, 0.5) is 5.69 Å². The minimum atomic E-state index is 0.195. The first-order chi connectivity index (χ1) is 9.69. The Morgan fingerprint density at radius 3 is 2.55 bits per heavy atom. The van der Waals surface area contributed by atoms with E-state index in [0.29, 0.717) is 5.69 Å². The number of methoxy groups -OCH3 is 1. The molecule has 1 heterocycles. The van der Waals surface area contributed by atoms with Crippen LogP contribution in [0.5, 0.6) is 5.75 Å². The van der Waals surface area contributed by atoms with E-state index in [9.17, 15) is 4.79 Å². The normalized spacial score (nSPS) is 16.1. The average Bonchev–Trinajstić information content (AvgIpc) is 2.48. The van der Waals surface area contributed by atoms with Gasteiger partial charge in [0.15, 0.2) is 0 Å². The number of nitrogens with zero attached hydrogens (tertiary/aromatic N) is 1. The van der Waals surface area contributed by atoms with Gasteiger partial charge in [-0.3, -0.25) is 0 Å². The summed E-state index contributed by atoms with van der Waals surface area (Å²) in [5, 5.41) is 1.88. The number of carbonyl (C=O) groups excluding carboxylic acids is 1. The summed E-state index contributed by atoms with van der Waals surface area (Å²) >= 11 is 0. The summed E-state index contributed by atoms with van der Waals surface area (Å²) in [7, 11) is 1.68. The van der Waals surface area contributed by atoms with E-state index < -0.39 is 0 Å². The third kappa shape index (κ3) is 6.04. The Hall–Kier alpha value is -1.59. The number of aldehydes is 1. The molecule has 5 nitrogen and oxygen atoms in total. The summed E-state index contributed by atoms with van der Waals surface area (Å²) in [4.78, 5) is 16.3. The summed E-state index contributed by atoms with van der Waals surface area (Å²) in [5.41, 5.74) is 6.36. The van der Waals surface area contributed by atoms with Gasteiger partial charge >= 0.3 is 0 Å². The minimum Gasteiger partial charge on any atom is -0.406 e. The van der Waals surface area contributed by atoms with Crippen LogP contribution in [0.3, 0.4) is 0 Å². The summed E-state index contributed by atoms with van der Waals surface area (Å²) in [6, 6.07) is 7.36. The maximum absolute atomic E-state index is 10.6. The second kappa shape index (κ2) is 9.34. The fourth-order valence-electron chi connectivity index (χ4n) is 1.82. The lowest BCUT2D eigenvalue weighted by atomic mass is 10.0. The fourth-order valence-corrected chi connectivity index (χ4v) is 1.82. The zero-order valence-electron chi connectivity index (χ0n) is 12.2. The molecule has 0 aliphatic carbocycles. The van der Waals surface area contributed by atoms with Gasteiger partial charge < -0.3 is 20.1 Å². The van der Waals surface area contributed by atoms with Gasteiger partial charge in [-0.05, 0) is 31.9 Å². The first-order valence-corrected chi connectivity index (χ1v) is 6.92. The van der Waals surface area contributed by atoms with E-state index in [0.717, 1.165) is 44.6 Å². The van der Waals surface area contributed by atoms with E-state index in [2.05, 4.69) is 4.74 Å². The Bertz CT molecular complexity index is 388. The van der Waals surface area contributed by atoms with Crippen LogP contribution in [0, 0.1) is 5.92 Å². The van der Waals surface area contributed by atoms with Gasteiger partial charge in [0.05, 0.1) is 0 Å². The number of benzene rings is 1. The van der Waals surface area contributed by atoms with Crippen molar-refractivity contribution < 1.29 is 14.4 Å². The minimum absolute atomic E-state index is 0.195. The molecule has 0 aromatic heterocycles. The predicted octanol–water partition coefficient (Wildman–Crippen LogP) is 2.13. The maximum atomic E-state index is 10.6. The SMILES string of the molecule is CCOC.Nc1cccc(ON2CCC(C=O)CC2)c1. The molecule has 0 amide bonds. The number of rotatable bonds is 4. The van der Waals surface area contributed by atoms with Crippen molar-refractivity contribution in [3.05, 3.63) is 24.3 Å². The molecule has 1 aliphatic heterocycles. The molecule has 1 aromatic carbocycles. The first-order valence-electron chi connectivity index (χ1n) is 6.92. The van der Waals surface area contributed by atoms with Gasteiger partial charge in [0, 0.05) is 44.5 Å². The van der Waals surface area contributed by atoms with Crippen molar-refractivity contribution in [3.8, 4) is 5.75 Å². The van der Waals surface area contributed by atoms with Crippen molar-refractivity contribution in [2.75, 3.05) is 32.5 Å². The molecular weight excluding hydrogens is 256 g/mol. The molecule has 0 saturated carbocycles. The zero-order chi connectivity index (χ0) is 14.8. The van der Waals surface area contributed by atoms with E-state index >= 15 is 0 Å². The number of hydrogen-bond acceptors (Lipinski definition) is 5. The van der Waals surface area contributed by atoms with Crippen LogP contribution in [0.2, 0.25) is 0 Å². The predicted molar refractivity (Wildman–Crippen MR) is 79.4 cm³/mol. The molecule has 1 aliphatic rings. The van der Waals surface area contributed by atoms with Crippen LogP contribution in [-0.2, 0) is 9.53 Å². The Labute approximate surface area is 120 Å². The standard InChI is InChI=1S/C12H16N2O2.C3H8O/c13-11-2-1-3-12(8-11)16-14-6-4-10(9-15)5-7-14;1-3-4-2/h1-3,8-10H,4-7,13H2;3H2,1-2H3. The molecule has 2 rings (SSSR count). The molecule has 1 aromatic rings. The Balaban J connectivity index is 0.000000444. The van der Waals surface area contributed by atoms with Crippen molar-refractivity contribution in [2.45, 2.75) is 19.8 Å². The molecule has 5 heteroatoms. The van der Waals surface area contributed by atoms with Gasteiger partial charge in [0.1, 0.15) is 12.0 Å². The van der Waals surface area contributed by atoms with Gasteiger partial charge in [-0.2, -0.15) is 0 Å². The third-order valence-electron chi connectivity index (χ3n) is 3.07. The van der Waals surface area contributed by atoms with Gasteiger partial charge in [0.2, 0.25) is 0 Å². The van der Waals surface area contributed by atoms with Crippen LogP contribution >= 0.6 is 0 Å². The summed E-state index contributed by atoms with van der Waals surface area (Å²) in [6.45, 7) is 4.36. The molecule has 0 radical (unpaired) electrons. The Morgan fingerprint density at radius 1 is 1.40 bits per heavy atom. The molecule has 0 spiro atoms. The zero-order valence-corrected chi connectivity index (χ0v) is 12.2. The number of nitrogen functional groups attached to an aromatic ring is 1. The van der Waals surface area contributed by atoms with Crippen LogP contribution in [0.25, 0.3) is 0 Å². The summed E-state index contributed by atoms with van der Waals surface area (Å²) in [5.74, 6) is 0.949. The number of anilines is 1. The van der Waals surface area contributed by atoms with Crippen LogP contribution in [0.1, 0.15) is 19.8 Å². The lowest BCUT2D eigenvalue weighted by Crippen LogP contribution is -2.36. The highest BCUT2D eigenvalue weighted by Crippen LogP contribution is 2.20. The summed E-state index contributed by atoms with van der Waals surface area (Å²) in [6.07, 6.45) is 2.77. The molecule has 1 fully saturated rings. The largest absolute Gasteiger partial charge is 0.406 e.